The maximum absolute atomic E-state index is 13.2. The monoisotopic (exact) mass is 717 g/mol. The van der Waals surface area contributed by atoms with E-state index in [1.807, 2.05) is 24.3 Å². The highest BCUT2D eigenvalue weighted by Crippen LogP contribution is 2.33. The number of anilines is 2. The summed E-state index contributed by atoms with van der Waals surface area (Å²) in [6.45, 7) is -1.99. The molecule has 0 unspecified atom stereocenters. The average Bonchev–Trinajstić information content (AvgIpc) is 3.07. The molecule has 2 saturated carbocycles. The van der Waals surface area contributed by atoms with Crippen LogP contribution >= 0.6 is 0 Å². The first-order valence-electron chi connectivity index (χ1n) is 16.5. The van der Waals surface area contributed by atoms with E-state index in [1.165, 1.54) is 32.1 Å². The van der Waals surface area contributed by atoms with Crippen LogP contribution in [0.4, 0.5) is 38.1 Å². The molecule has 1 aromatic heterocycles. The quantitative estimate of drug-likeness (QED) is 0.146. The van der Waals surface area contributed by atoms with Gasteiger partial charge in [0.1, 0.15) is 22.2 Å². The van der Waals surface area contributed by atoms with E-state index in [1.54, 1.807) is 0 Å². The molecule has 270 valence electrons. The molecule has 2 aliphatic rings. The first-order chi connectivity index (χ1) is 23.2. The maximum Gasteiger partial charge on any atom is 0.422 e. The molecular weight excluding hydrogens is 676 g/mol. The lowest BCUT2D eigenvalue weighted by atomic mass is 9.82. The fourth-order valence-corrected chi connectivity index (χ4v) is 7.61. The van der Waals surface area contributed by atoms with Crippen LogP contribution in [0.5, 0.6) is 11.5 Å². The summed E-state index contributed by atoms with van der Waals surface area (Å²) >= 11 is 0. The lowest BCUT2D eigenvalue weighted by Gasteiger charge is -2.29. The number of nitrogens with zero attached hydrogens (tertiary/aromatic N) is 2. The Labute approximate surface area is 281 Å². The fraction of sp³-hybridized carbons (Fsp3) is 0.576. The van der Waals surface area contributed by atoms with Crippen LogP contribution in [0, 0.1) is 17.8 Å². The number of aromatic nitrogens is 2. The number of hydrogen-bond acceptors (Lipinski definition) is 8. The Bertz CT molecular complexity index is 1640. The third-order valence-electron chi connectivity index (χ3n) is 8.96. The standard InChI is InChI=1S/C33H41F6N5O4S/c34-32(35,36)20-47-25-14-15-28(48-21-33(37,38)39)29(16-25)49(45,46)42-19-24-12-10-23(11-13-24)18-41-31-43-27-9-5-4-8-26(27)30(44-31)40-17-22-6-2-1-3-7-22/h4-5,8-9,14-16,22-24,42H,1-3,6-7,10-13,17-21H2,(H2,40,41,43,44). The molecule has 16 heteroatoms. The van der Waals surface area contributed by atoms with Crippen LogP contribution in [0.15, 0.2) is 47.4 Å². The number of benzene rings is 2. The molecular formula is C33H41F6N5O4S. The number of para-hydroxylation sites is 1. The Morgan fingerprint density at radius 3 is 2.02 bits per heavy atom. The van der Waals surface area contributed by atoms with Crippen molar-refractivity contribution in [3.05, 3.63) is 42.5 Å². The number of nitrogens with one attached hydrogen (secondary N) is 3. The van der Waals surface area contributed by atoms with Crippen molar-refractivity contribution in [2.45, 2.75) is 75.0 Å². The van der Waals surface area contributed by atoms with Crippen LogP contribution in [0.25, 0.3) is 10.9 Å². The van der Waals surface area contributed by atoms with Crippen molar-refractivity contribution in [2.75, 3.05) is 43.5 Å². The zero-order valence-corrected chi connectivity index (χ0v) is 27.7. The first kappa shape index (κ1) is 36.7. The molecule has 2 aromatic carbocycles. The van der Waals surface area contributed by atoms with Crippen molar-refractivity contribution in [1.29, 1.82) is 0 Å². The van der Waals surface area contributed by atoms with Crippen molar-refractivity contribution in [2.24, 2.45) is 17.8 Å². The van der Waals surface area contributed by atoms with Crippen LogP contribution in [-0.4, -0.2) is 63.6 Å². The summed E-state index contributed by atoms with van der Waals surface area (Å²) in [6.07, 6.45) is -0.248. The van der Waals surface area contributed by atoms with Crippen molar-refractivity contribution >= 4 is 32.7 Å². The van der Waals surface area contributed by atoms with Gasteiger partial charge in [-0.15, -0.1) is 0 Å². The largest absolute Gasteiger partial charge is 0.484 e. The molecule has 0 atom stereocenters. The summed E-state index contributed by atoms with van der Waals surface area (Å²) in [5.41, 5.74) is 0.839. The molecule has 0 spiro atoms. The highest BCUT2D eigenvalue weighted by atomic mass is 32.2. The van der Waals surface area contributed by atoms with Crippen molar-refractivity contribution in [3.63, 3.8) is 0 Å². The molecule has 0 bridgehead atoms. The van der Waals surface area contributed by atoms with Gasteiger partial charge in [0, 0.05) is 31.1 Å². The minimum atomic E-state index is -4.76. The fourth-order valence-electron chi connectivity index (χ4n) is 6.34. The van der Waals surface area contributed by atoms with E-state index in [0.717, 1.165) is 54.3 Å². The number of hydrogen-bond donors (Lipinski definition) is 3. The van der Waals surface area contributed by atoms with Gasteiger partial charge in [0.15, 0.2) is 13.2 Å². The van der Waals surface area contributed by atoms with Gasteiger partial charge < -0.3 is 20.1 Å². The molecule has 49 heavy (non-hydrogen) atoms. The Hall–Kier alpha value is -3.53. The van der Waals surface area contributed by atoms with Crippen LogP contribution in [0.3, 0.4) is 0 Å². The Morgan fingerprint density at radius 1 is 0.714 bits per heavy atom. The lowest BCUT2D eigenvalue weighted by molar-refractivity contribution is -0.154. The highest BCUT2D eigenvalue weighted by molar-refractivity contribution is 7.89. The third-order valence-corrected chi connectivity index (χ3v) is 10.4. The molecule has 0 saturated heterocycles. The van der Waals surface area contributed by atoms with E-state index in [2.05, 4.69) is 24.8 Å². The summed E-state index contributed by atoms with van der Waals surface area (Å²) in [6, 6.07) is 10.4. The third kappa shape index (κ3) is 11.2. The molecule has 3 aromatic rings. The molecule has 2 fully saturated rings. The van der Waals surface area contributed by atoms with Gasteiger partial charge in [0.05, 0.1) is 5.52 Å². The van der Waals surface area contributed by atoms with E-state index in [0.29, 0.717) is 31.3 Å². The molecule has 0 aliphatic heterocycles. The first-order valence-corrected chi connectivity index (χ1v) is 18.0. The summed E-state index contributed by atoms with van der Waals surface area (Å²) in [4.78, 5) is 8.75. The highest BCUT2D eigenvalue weighted by Gasteiger charge is 2.32. The summed E-state index contributed by atoms with van der Waals surface area (Å²) in [5, 5.41) is 7.90. The molecule has 1 heterocycles. The molecule has 9 nitrogen and oxygen atoms in total. The number of halogens is 6. The van der Waals surface area contributed by atoms with Gasteiger partial charge in [-0.05, 0) is 80.5 Å². The normalized spacial score (nSPS) is 19.5. The van der Waals surface area contributed by atoms with Gasteiger partial charge in [0.25, 0.3) is 0 Å². The van der Waals surface area contributed by atoms with Gasteiger partial charge in [-0.3, -0.25) is 0 Å². The number of ether oxygens (including phenoxy) is 2. The topological polar surface area (TPSA) is 114 Å². The molecule has 2 aliphatic carbocycles. The summed E-state index contributed by atoms with van der Waals surface area (Å²) in [7, 11) is -4.47. The number of sulfonamides is 1. The van der Waals surface area contributed by atoms with Crippen LogP contribution < -0.4 is 24.8 Å². The molecule has 5 rings (SSSR count). The van der Waals surface area contributed by atoms with E-state index >= 15 is 0 Å². The lowest BCUT2D eigenvalue weighted by Crippen LogP contribution is -2.33. The second-order valence-electron chi connectivity index (χ2n) is 12.8. The minimum absolute atomic E-state index is 0.00135. The summed E-state index contributed by atoms with van der Waals surface area (Å²) in [5.74, 6) is 1.07. The van der Waals surface area contributed by atoms with E-state index < -0.39 is 52.0 Å². The van der Waals surface area contributed by atoms with E-state index in [-0.39, 0.29) is 18.4 Å². The molecule has 0 radical (unpaired) electrons. The van der Waals surface area contributed by atoms with Gasteiger partial charge in [-0.25, -0.2) is 18.1 Å². The smallest absolute Gasteiger partial charge is 0.422 e. The van der Waals surface area contributed by atoms with E-state index in [9.17, 15) is 34.8 Å². The SMILES string of the molecule is O=S(=O)(NCC1CCC(CNc2nc(NCC3CCCCC3)c3ccccc3n2)CC1)c1cc(OCC(F)(F)F)ccc1OCC(F)(F)F. The Balaban J connectivity index is 1.15. The second-order valence-corrected chi connectivity index (χ2v) is 14.6. The van der Waals surface area contributed by atoms with E-state index in [4.69, 9.17) is 9.97 Å². The molecule has 3 N–H and O–H groups in total. The number of rotatable bonds is 14. The predicted molar refractivity (Wildman–Crippen MR) is 173 cm³/mol. The Morgan fingerprint density at radius 2 is 1.33 bits per heavy atom. The average molecular weight is 718 g/mol. The molecule has 0 amide bonds. The number of alkyl halides is 6. The van der Waals surface area contributed by atoms with Crippen molar-refractivity contribution in [3.8, 4) is 11.5 Å². The maximum atomic E-state index is 13.2. The summed E-state index contributed by atoms with van der Waals surface area (Å²) < 4.78 is 114. The van der Waals surface area contributed by atoms with Gasteiger partial charge in [-0.1, -0.05) is 31.4 Å². The van der Waals surface area contributed by atoms with Gasteiger partial charge in [0.2, 0.25) is 16.0 Å². The zero-order chi connectivity index (χ0) is 35.1. The van der Waals surface area contributed by atoms with Gasteiger partial charge in [-0.2, -0.15) is 31.3 Å². The van der Waals surface area contributed by atoms with Crippen LogP contribution in [0.2, 0.25) is 0 Å². The number of fused-ring (bicyclic) bond motifs is 1. The van der Waals surface area contributed by atoms with Crippen LogP contribution in [-0.2, 0) is 10.0 Å². The minimum Gasteiger partial charge on any atom is -0.484 e. The van der Waals surface area contributed by atoms with Crippen molar-refractivity contribution < 1.29 is 44.2 Å². The Kier molecular flexibility index (Phi) is 12.0. The van der Waals surface area contributed by atoms with Crippen LogP contribution in [0.1, 0.15) is 57.8 Å². The van der Waals surface area contributed by atoms with Crippen molar-refractivity contribution in [1.82, 2.24) is 14.7 Å². The zero-order valence-electron chi connectivity index (χ0n) is 26.9. The predicted octanol–water partition coefficient (Wildman–Crippen LogP) is 7.70. The second kappa shape index (κ2) is 16.0. The van der Waals surface area contributed by atoms with Gasteiger partial charge >= 0.3 is 12.4 Å².